The number of para-hydroxylation sites is 1. The van der Waals surface area contributed by atoms with E-state index in [0.29, 0.717) is 44.5 Å². The second-order valence-electron chi connectivity index (χ2n) is 7.27. The lowest BCUT2D eigenvalue weighted by molar-refractivity contribution is -0.120. The van der Waals surface area contributed by atoms with Crippen LogP contribution in [-0.4, -0.2) is 27.3 Å². The summed E-state index contributed by atoms with van der Waals surface area (Å²) in [4.78, 5) is 19.3. The fourth-order valence-corrected chi connectivity index (χ4v) is 4.19. The first-order valence-electron chi connectivity index (χ1n) is 10.3. The van der Waals surface area contributed by atoms with E-state index in [4.69, 9.17) is 20.8 Å². The molecule has 3 heterocycles. The maximum Gasteiger partial charge on any atom is 0.247 e. The van der Waals surface area contributed by atoms with Gasteiger partial charge in [0.25, 0.3) is 0 Å². The number of fused-ring (bicyclic) bond motifs is 3. The first kappa shape index (κ1) is 21.5. The fourth-order valence-electron chi connectivity index (χ4n) is 3.71. The number of benzene rings is 2. The number of carbonyl (C=O) groups is 1. The van der Waals surface area contributed by atoms with Gasteiger partial charge in [-0.2, -0.15) is 4.98 Å². The van der Waals surface area contributed by atoms with E-state index in [9.17, 15) is 4.79 Å². The third kappa shape index (κ3) is 3.96. The van der Waals surface area contributed by atoms with Gasteiger partial charge in [-0.25, -0.2) is 0 Å². The van der Waals surface area contributed by atoms with Crippen LogP contribution in [0.5, 0.6) is 5.88 Å². The van der Waals surface area contributed by atoms with Gasteiger partial charge in [0.05, 0.1) is 5.69 Å². The van der Waals surface area contributed by atoms with Crippen molar-refractivity contribution in [2.24, 2.45) is 0 Å². The van der Waals surface area contributed by atoms with Gasteiger partial charge in [-0.05, 0) is 36.6 Å². The number of ether oxygens (including phenoxy) is 1. The molecule has 0 saturated carbocycles. The third-order valence-electron chi connectivity index (χ3n) is 5.24. The summed E-state index contributed by atoms with van der Waals surface area (Å²) >= 11 is 7.51. The first-order chi connectivity index (χ1) is 16.1. The summed E-state index contributed by atoms with van der Waals surface area (Å²) in [6.07, 6.45) is 1.27. The van der Waals surface area contributed by atoms with Crippen LogP contribution in [0.25, 0.3) is 22.6 Å². The van der Waals surface area contributed by atoms with Crippen LogP contribution in [0.1, 0.15) is 25.3 Å². The Hall–Kier alpha value is -3.36. The van der Waals surface area contributed by atoms with Gasteiger partial charge in [0.2, 0.25) is 23.2 Å². The molecule has 9 heteroatoms. The molecule has 2 aromatic carbocycles. The van der Waals surface area contributed by atoms with Gasteiger partial charge in [-0.3, -0.25) is 9.69 Å². The summed E-state index contributed by atoms with van der Waals surface area (Å²) < 4.78 is 12.5. The molecule has 0 radical (unpaired) electrons. The molecule has 1 amide bonds. The zero-order valence-electron chi connectivity index (χ0n) is 17.9. The number of amides is 1. The zero-order valence-corrected chi connectivity index (χ0v) is 19.4. The van der Waals surface area contributed by atoms with Crippen molar-refractivity contribution in [3.63, 3.8) is 0 Å². The maximum absolute atomic E-state index is 13.2. The van der Waals surface area contributed by atoms with E-state index in [0.717, 1.165) is 5.56 Å². The molecule has 0 N–H and O–H groups in total. The average Bonchev–Trinajstić information content (AvgIpc) is 3.28. The number of hydrogen-bond acceptors (Lipinski definition) is 7. The number of halogens is 1. The summed E-state index contributed by atoms with van der Waals surface area (Å²) in [6.45, 7) is 1.81. The Labute approximate surface area is 199 Å². The van der Waals surface area contributed by atoms with Crippen LogP contribution in [0.4, 0.5) is 5.69 Å². The molecule has 166 valence electrons. The highest BCUT2D eigenvalue weighted by molar-refractivity contribution is 7.98. The minimum atomic E-state index is -0.876. The molecule has 33 heavy (non-hydrogen) atoms. The smallest absolute Gasteiger partial charge is 0.247 e. The summed E-state index contributed by atoms with van der Waals surface area (Å²) in [5.74, 6) is 1.24. The van der Waals surface area contributed by atoms with Gasteiger partial charge in [0.1, 0.15) is 5.76 Å². The standard InChI is InChI=1S/C24H19ClN4O3S/c1-3-20(30)29-17-10-5-4-9-16(17)21-22(26-24(33-2)28-27-21)32-23(29)19-12-11-18(31-19)14-7-6-8-15(25)13-14/h4-13,23H,3H2,1-2H3/t23-/m0/s1. The van der Waals surface area contributed by atoms with Crippen molar-refractivity contribution in [3.8, 4) is 28.5 Å². The Morgan fingerprint density at radius 1 is 1.12 bits per heavy atom. The Balaban J connectivity index is 1.68. The van der Waals surface area contributed by atoms with Crippen molar-refractivity contribution in [2.75, 3.05) is 11.2 Å². The predicted octanol–water partition coefficient (Wildman–Crippen LogP) is 6.01. The number of anilines is 1. The van der Waals surface area contributed by atoms with Crippen molar-refractivity contribution < 1.29 is 13.9 Å². The lowest BCUT2D eigenvalue weighted by Gasteiger charge is -2.29. The van der Waals surface area contributed by atoms with Gasteiger partial charge in [0.15, 0.2) is 11.5 Å². The molecule has 1 aliphatic rings. The largest absolute Gasteiger partial charge is 0.455 e. The van der Waals surface area contributed by atoms with Gasteiger partial charge in [0, 0.05) is 22.6 Å². The van der Waals surface area contributed by atoms with E-state index in [-0.39, 0.29) is 12.3 Å². The number of thioether (sulfide) groups is 1. The Bertz CT molecular complexity index is 1340. The highest BCUT2D eigenvalue weighted by Crippen LogP contribution is 2.44. The van der Waals surface area contributed by atoms with Crippen LogP contribution in [0, 0.1) is 0 Å². The number of rotatable bonds is 4. The van der Waals surface area contributed by atoms with Crippen LogP contribution in [0.15, 0.2) is 70.2 Å². The second kappa shape index (κ2) is 8.88. The summed E-state index contributed by atoms with van der Waals surface area (Å²) in [5.41, 5.74) is 2.67. The summed E-state index contributed by atoms with van der Waals surface area (Å²) in [7, 11) is 0. The van der Waals surface area contributed by atoms with Crippen LogP contribution in [0.3, 0.4) is 0 Å². The molecule has 7 nitrogen and oxygen atoms in total. The molecular weight excluding hydrogens is 460 g/mol. The van der Waals surface area contributed by atoms with E-state index in [1.54, 1.807) is 17.0 Å². The molecule has 0 fully saturated rings. The Morgan fingerprint density at radius 2 is 1.97 bits per heavy atom. The molecule has 4 aromatic rings. The van der Waals surface area contributed by atoms with Gasteiger partial charge in [-0.1, -0.05) is 60.6 Å². The van der Waals surface area contributed by atoms with E-state index >= 15 is 0 Å². The average molecular weight is 479 g/mol. The summed E-state index contributed by atoms with van der Waals surface area (Å²) in [6, 6.07) is 18.5. The molecule has 0 bridgehead atoms. The Kier molecular flexibility index (Phi) is 5.78. The van der Waals surface area contributed by atoms with Crippen molar-refractivity contribution in [1.29, 1.82) is 0 Å². The van der Waals surface area contributed by atoms with Crippen molar-refractivity contribution in [1.82, 2.24) is 15.2 Å². The molecule has 0 saturated heterocycles. The minimum Gasteiger partial charge on any atom is -0.455 e. The Morgan fingerprint density at radius 3 is 2.76 bits per heavy atom. The van der Waals surface area contributed by atoms with Crippen LogP contribution < -0.4 is 9.64 Å². The molecule has 1 aliphatic heterocycles. The van der Waals surface area contributed by atoms with Crippen molar-refractivity contribution >= 4 is 35.0 Å². The fraction of sp³-hybridized carbons (Fsp3) is 0.167. The minimum absolute atomic E-state index is 0.126. The SMILES string of the molecule is CCC(=O)N1c2ccccc2-c2nnc(SC)nc2O[C@H]1c1ccc(-c2cccc(Cl)c2)o1. The highest BCUT2D eigenvalue weighted by Gasteiger charge is 2.37. The molecule has 0 unspecified atom stereocenters. The number of nitrogens with zero attached hydrogens (tertiary/aromatic N) is 4. The molecule has 2 aromatic heterocycles. The monoisotopic (exact) mass is 478 g/mol. The summed E-state index contributed by atoms with van der Waals surface area (Å²) in [5, 5.41) is 9.61. The van der Waals surface area contributed by atoms with Gasteiger partial charge >= 0.3 is 0 Å². The molecule has 0 aliphatic carbocycles. The van der Waals surface area contributed by atoms with Crippen LogP contribution in [0.2, 0.25) is 5.02 Å². The lowest BCUT2D eigenvalue weighted by Crippen LogP contribution is -2.37. The highest BCUT2D eigenvalue weighted by atomic mass is 35.5. The molecule has 0 spiro atoms. The van der Waals surface area contributed by atoms with Crippen molar-refractivity contribution in [3.05, 3.63) is 71.4 Å². The number of carbonyl (C=O) groups excluding carboxylic acids is 1. The third-order valence-corrected chi connectivity index (χ3v) is 6.02. The van der Waals surface area contributed by atoms with E-state index in [2.05, 4.69) is 15.2 Å². The number of aromatic nitrogens is 3. The lowest BCUT2D eigenvalue weighted by atomic mass is 10.1. The van der Waals surface area contributed by atoms with E-state index < -0.39 is 6.23 Å². The maximum atomic E-state index is 13.2. The quantitative estimate of drug-likeness (QED) is 0.332. The zero-order chi connectivity index (χ0) is 22.9. The van der Waals surface area contributed by atoms with Gasteiger partial charge < -0.3 is 9.15 Å². The number of furan rings is 1. The van der Waals surface area contributed by atoms with E-state index in [1.165, 1.54) is 11.8 Å². The first-order valence-corrected chi connectivity index (χ1v) is 11.9. The number of hydrogen-bond donors (Lipinski definition) is 0. The molecule has 5 rings (SSSR count). The molecular formula is C24H19ClN4O3S. The van der Waals surface area contributed by atoms with Crippen molar-refractivity contribution in [2.45, 2.75) is 24.7 Å². The normalized spacial score (nSPS) is 14.8. The van der Waals surface area contributed by atoms with Crippen LogP contribution >= 0.6 is 23.4 Å². The van der Waals surface area contributed by atoms with Gasteiger partial charge in [-0.15, -0.1) is 10.2 Å². The topological polar surface area (TPSA) is 81.4 Å². The second-order valence-corrected chi connectivity index (χ2v) is 8.48. The van der Waals surface area contributed by atoms with E-state index in [1.807, 2.05) is 61.7 Å². The molecule has 1 atom stereocenters. The van der Waals surface area contributed by atoms with Crippen LogP contribution in [-0.2, 0) is 4.79 Å². The predicted molar refractivity (Wildman–Crippen MR) is 127 cm³/mol.